The van der Waals surface area contributed by atoms with Gasteiger partial charge in [0.2, 0.25) is 5.91 Å². The lowest BCUT2D eigenvalue weighted by atomic mass is 10.1. The van der Waals surface area contributed by atoms with Gasteiger partial charge in [-0.3, -0.25) is 9.69 Å². The first-order chi connectivity index (χ1) is 14.2. The van der Waals surface area contributed by atoms with Gasteiger partial charge in [-0.1, -0.05) is 50.1 Å². The van der Waals surface area contributed by atoms with Crippen LogP contribution in [0.1, 0.15) is 50.2 Å². The van der Waals surface area contributed by atoms with Gasteiger partial charge < -0.3 is 15.2 Å². The van der Waals surface area contributed by atoms with Crippen molar-refractivity contribution in [1.29, 1.82) is 0 Å². The van der Waals surface area contributed by atoms with Gasteiger partial charge in [0.1, 0.15) is 11.5 Å². The quantitative estimate of drug-likeness (QED) is 0.630. The van der Waals surface area contributed by atoms with E-state index in [1.807, 2.05) is 42.5 Å². The summed E-state index contributed by atoms with van der Waals surface area (Å²) in [6.45, 7) is 4.18. The fourth-order valence-electron chi connectivity index (χ4n) is 3.85. The van der Waals surface area contributed by atoms with Gasteiger partial charge in [0.05, 0.1) is 13.2 Å². The number of hydrogen-bond donors (Lipinski definition) is 2. The Balaban J connectivity index is 1.57. The second kappa shape index (κ2) is 10.9. The van der Waals surface area contributed by atoms with Crippen LogP contribution in [-0.2, 0) is 17.9 Å². The Bertz CT molecular complexity index is 787. The van der Waals surface area contributed by atoms with E-state index < -0.39 is 0 Å². The molecule has 0 bridgehead atoms. The Morgan fingerprint density at radius 2 is 1.97 bits per heavy atom. The third-order valence-corrected chi connectivity index (χ3v) is 5.41. The molecule has 0 radical (unpaired) electrons. The molecule has 5 heteroatoms. The number of phenolic OH excluding ortho intramolecular Hbond substituents is 1. The van der Waals surface area contributed by atoms with Crippen LogP contribution in [0.3, 0.4) is 0 Å². The van der Waals surface area contributed by atoms with Crippen molar-refractivity contribution in [3.05, 3.63) is 59.7 Å². The molecule has 0 spiro atoms. The molecule has 29 heavy (non-hydrogen) atoms. The van der Waals surface area contributed by atoms with Crippen LogP contribution in [0.15, 0.2) is 48.5 Å². The normalized spacial score (nSPS) is 14.3. The Hall–Kier alpha value is -2.53. The number of para-hydroxylation sites is 1. The average molecular weight is 397 g/mol. The number of aromatic hydroxyl groups is 1. The Kier molecular flexibility index (Phi) is 7.94. The zero-order valence-electron chi connectivity index (χ0n) is 17.3. The molecule has 2 aromatic carbocycles. The van der Waals surface area contributed by atoms with Crippen LogP contribution < -0.4 is 10.1 Å². The van der Waals surface area contributed by atoms with Gasteiger partial charge in [0.25, 0.3) is 0 Å². The number of carbonyl (C=O) groups excluding carboxylic acids is 1. The highest BCUT2D eigenvalue weighted by Gasteiger charge is 2.25. The largest absolute Gasteiger partial charge is 0.508 e. The van der Waals surface area contributed by atoms with Crippen LogP contribution in [0.5, 0.6) is 11.5 Å². The van der Waals surface area contributed by atoms with Crippen LogP contribution in [-0.4, -0.2) is 35.1 Å². The van der Waals surface area contributed by atoms with Crippen molar-refractivity contribution in [2.24, 2.45) is 0 Å². The van der Waals surface area contributed by atoms with Crippen molar-refractivity contribution in [2.75, 3.05) is 13.2 Å². The van der Waals surface area contributed by atoms with Gasteiger partial charge in [-0.05, 0) is 43.0 Å². The molecule has 0 unspecified atom stereocenters. The number of nitrogens with zero attached hydrogens (tertiary/aromatic N) is 1. The summed E-state index contributed by atoms with van der Waals surface area (Å²) in [5.41, 5.74) is 1.90. The number of hydrogen-bond acceptors (Lipinski definition) is 4. The Morgan fingerprint density at radius 3 is 2.72 bits per heavy atom. The van der Waals surface area contributed by atoms with Crippen molar-refractivity contribution in [1.82, 2.24) is 10.2 Å². The maximum absolute atomic E-state index is 12.7. The van der Waals surface area contributed by atoms with Crippen LogP contribution >= 0.6 is 0 Å². The highest BCUT2D eigenvalue weighted by Crippen LogP contribution is 2.27. The van der Waals surface area contributed by atoms with E-state index >= 15 is 0 Å². The van der Waals surface area contributed by atoms with Gasteiger partial charge in [-0.2, -0.15) is 0 Å². The standard InChI is InChI=1S/C24H32N2O3/c1-2-14-29-22-12-7-8-19(15-22)16-25-24(28)18-26(21-10-4-5-11-21)17-20-9-3-6-13-23(20)27/h3,6-9,12-13,15,21,27H,2,4-5,10-11,14,16-18H2,1H3,(H,25,28). The lowest BCUT2D eigenvalue weighted by Gasteiger charge is -2.28. The molecule has 5 nitrogen and oxygen atoms in total. The van der Waals surface area contributed by atoms with Crippen molar-refractivity contribution >= 4 is 5.91 Å². The number of rotatable bonds is 10. The molecular formula is C24H32N2O3. The predicted molar refractivity (Wildman–Crippen MR) is 115 cm³/mol. The average Bonchev–Trinajstić information content (AvgIpc) is 3.27. The topological polar surface area (TPSA) is 61.8 Å². The second-order valence-corrected chi connectivity index (χ2v) is 7.74. The lowest BCUT2D eigenvalue weighted by Crippen LogP contribution is -2.41. The minimum Gasteiger partial charge on any atom is -0.508 e. The SMILES string of the molecule is CCCOc1cccc(CNC(=O)CN(Cc2ccccc2O)C2CCCC2)c1. The van der Waals surface area contributed by atoms with E-state index in [9.17, 15) is 9.90 Å². The summed E-state index contributed by atoms with van der Waals surface area (Å²) in [6.07, 6.45) is 5.59. The monoisotopic (exact) mass is 396 g/mol. The van der Waals surface area contributed by atoms with Crippen molar-refractivity contribution in [3.8, 4) is 11.5 Å². The van der Waals surface area contributed by atoms with E-state index in [0.29, 0.717) is 38.0 Å². The molecular weight excluding hydrogens is 364 g/mol. The molecule has 0 aromatic heterocycles. The zero-order chi connectivity index (χ0) is 20.5. The van der Waals surface area contributed by atoms with Gasteiger partial charge in [-0.25, -0.2) is 0 Å². The molecule has 1 aliphatic rings. The number of carbonyl (C=O) groups is 1. The molecule has 1 amide bonds. The van der Waals surface area contributed by atoms with Crippen molar-refractivity contribution in [2.45, 2.75) is 58.2 Å². The Morgan fingerprint density at radius 1 is 1.17 bits per heavy atom. The molecule has 156 valence electrons. The molecule has 1 aliphatic carbocycles. The summed E-state index contributed by atoms with van der Waals surface area (Å²) in [6, 6.07) is 15.6. The molecule has 1 fully saturated rings. The van der Waals surface area contributed by atoms with E-state index in [1.54, 1.807) is 6.07 Å². The molecule has 0 atom stereocenters. The predicted octanol–water partition coefficient (Wildman–Crippen LogP) is 4.24. The van der Waals surface area contributed by atoms with Gasteiger partial charge in [-0.15, -0.1) is 0 Å². The fraction of sp³-hybridized carbons (Fsp3) is 0.458. The summed E-state index contributed by atoms with van der Waals surface area (Å²) >= 11 is 0. The number of ether oxygens (including phenoxy) is 1. The molecule has 2 aromatic rings. The van der Waals surface area contributed by atoms with Crippen LogP contribution in [0.4, 0.5) is 0 Å². The van der Waals surface area contributed by atoms with E-state index in [2.05, 4.69) is 17.1 Å². The van der Waals surface area contributed by atoms with Gasteiger partial charge in [0.15, 0.2) is 0 Å². The smallest absolute Gasteiger partial charge is 0.234 e. The fourth-order valence-corrected chi connectivity index (χ4v) is 3.85. The number of nitrogens with one attached hydrogen (secondary N) is 1. The highest BCUT2D eigenvalue weighted by molar-refractivity contribution is 5.78. The van der Waals surface area contributed by atoms with E-state index in [0.717, 1.165) is 36.1 Å². The molecule has 3 rings (SSSR count). The third kappa shape index (κ3) is 6.50. The van der Waals surface area contributed by atoms with Crippen LogP contribution in [0.25, 0.3) is 0 Å². The highest BCUT2D eigenvalue weighted by atomic mass is 16.5. The van der Waals surface area contributed by atoms with Crippen molar-refractivity contribution in [3.63, 3.8) is 0 Å². The van der Waals surface area contributed by atoms with E-state index in [4.69, 9.17) is 4.74 Å². The number of benzene rings is 2. The summed E-state index contributed by atoms with van der Waals surface area (Å²) in [4.78, 5) is 14.9. The molecule has 0 heterocycles. The molecule has 0 aliphatic heterocycles. The number of phenols is 1. The van der Waals surface area contributed by atoms with Crippen LogP contribution in [0.2, 0.25) is 0 Å². The summed E-state index contributed by atoms with van der Waals surface area (Å²) < 4.78 is 5.67. The van der Waals surface area contributed by atoms with Crippen LogP contribution in [0, 0.1) is 0 Å². The van der Waals surface area contributed by atoms with E-state index in [-0.39, 0.29) is 5.91 Å². The second-order valence-electron chi connectivity index (χ2n) is 7.74. The maximum Gasteiger partial charge on any atom is 0.234 e. The third-order valence-electron chi connectivity index (χ3n) is 5.41. The minimum absolute atomic E-state index is 0.00667. The first-order valence-electron chi connectivity index (χ1n) is 10.6. The molecule has 0 saturated heterocycles. The minimum atomic E-state index is 0.00667. The van der Waals surface area contributed by atoms with E-state index in [1.165, 1.54) is 12.8 Å². The summed E-state index contributed by atoms with van der Waals surface area (Å²) in [7, 11) is 0. The molecule has 1 saturated carbocycles. The van der Waals surface area contributed by atoms with Gasteiger partial charge in [0, 0.05) is 24.7 Å². The zero-order valence-corrected chi connectivity index (χ0v) is 17.3. The lowest BCUT2D eigenvalue weighted by molar-refractivity contribution is -0.123. The maximum atomic E-state index is 12.7. The first kappa shape index (κ1) is 21.2. The first-order valence-corrected chi connectivity index (χ1v) is 10.6. The van der Waals surface area contributed by atoms with Crippen molar-refractivity contribution < 1.29 is 14.6 Å². The Labute approximate surface area is 173 Å². The summed E-state index contributed by atoms with van der Waals surface area (Å²) in [5.74, 6) is 1.14. The number of amides is 1. The van der Waals surface area contributed by atoms with Gasteiger partial charge >= 0.3 is 0 Å². The summed E-state index contributed by atoms with van der Waals surface area (Å²) in [5, 5.41) is 13.2. The molecule has 2 N–H and O–H groups in total.